The quantitative estimate of drug-likeness (QED) is 0.594. The molecule has 0 radical (unpaired) electrons. The van der Waals surface area contributed by atoms with Gasteiger partial charge in [-0.2, -0.15) is 0 Å². The molecule has 0 aliphatic heterocycles. The van der Waals surface area contributed by atoms with E-state index in [4.69, 9.17) is 9.47 Å². The third-order valence-corrected chi connectivity index (χ3v) is 6.87. The summed E-state index contributed by atoms with van der Waals surface area (Å²) in [6.07, 6.45) is 4.39. The summed E-state index contributed by atoms with van der Waals surface area (Å²) in [5, 5.41) is 21.3. The molecule has 1 aromatic carbocycles. The molecule has 3 rings (SSSR count). The van der Waals surface area contributed by atoms with Crippen molar-refractivity contribution in [3.05, 3.63) is 41.5 Å². The number of allylic oxidation sites excluding steroid dienone is 1. The number of rotatable bonds is 5. The lowest BCUT2D eigenvalue weighted by molar-refractivity contribution is -0.112. The molecule has 0 bridgehead atoms. The van der Waals surface area contributed by atoms with Gasteiger partial charge in [-0.05, 0) is 60.4 Å². The zero-order valence-corrected chi connectivity index (χ0v) is 17.3. The summed E-state index contributed by atoms with van der Waals surface area (Å²) in [4.78, 5) is 12.9. The highest BCUT2D eigenvalue weighted by molar-refractivity contribution is 5.89. The number of fused-ring (bicyclic) bond motifs is 1. The summed E-state index contributed by atoms with van der Waals surface area (Å²) in [5.74, 6) is 0.140. The van der Waals surface area contributed by atoms with Crippen molar-refractivity contribution in [2.45, 2.75) is 58.2 Å². The van der Waals surface area contributed by atoms with E-state index >= 15 is 0 Å². The van der Waals surface area contributed by atoms with Crippen LogP contribution in [0.5, 0.6) is 5.75 Å². The number of aliphatic hydroxyl groups is 2. The Morgan fingerprint density at radius 3 is 2.50 bits per heavy atom. The van der Waals surface area contributed by atoms with Gasteiger partial charge < -0.3 is 19.7 Å². The van der Waals surface area contributed by atoms with Gasteiger partial charge in [0.15, 0.2) is 0 Å². The van der Waals surface area contributed by atoms with Crippen LogP contribution >= 0.6 is 0 Å². The summed E-state index contributed by atoms with van der Waals surface area (Å²) in [5.41, 5.74) is 0.265. The van der Waals surface area contributed by atoms with Crippen molar-refractivity contribution >= 4 is 5.97 Å². The molecule has 1 fully saturated rings. The normalized spacial score (nSPS) is 32.5. The molecule has 2 aliphatic rings. The van der Waals surface area contributed by atoms with E-state index in [9.17, 15) is 15.0 Å². The van der Waals surface area contributed by atoms with Gasteiger partial charge in [-0.3, -0.25) is 0 Å². The second-order valence-corrected chi connectivity index (χ2v) is 8.88. The average Bonchev–Trinajstić information content (AvgIpc) is 2.87. The standard InChI is InChI=1S/C23H32O5/c1-15(2)23(26)12-11-22(3)10-9-16(14-24)13-19(20(22)23)28-21(25)17-5-7-18(27-4)8-6-17/h5-9,15,19-20,24,26H,10-14H2,1-4H3/t19-,20-,22-,23-/m1/s1. The number of hydrogen-bond donors (Lipinski definition) is 2. The number of carbonyl (C=O) groups is 1. The number of carbonyl (C=O) groups excluding carboxylic acids is 1. The smallest absolute Gasteiger partial charge is 0.338 e. The second kappa shape index (κ2) is 7.88. The average molecular weight is 389 g/mol. The van der Waals surface area contributed by atoms with E-state index in [2.05, 4.69) is 13.0 Å². The Bertz CT molecular complexity index is 738. The minimum Gasteiger partial charge on any atom is -0.497 e. The van der Waals surface area contributed by atoms with Crippen molar-refractivity contribution < 1.29 is 24.5 Å². The Kier molecular flexibility index (Phi) is 5.87. The lowest BCUT2D eigenvalue weighted by atomic mass is 9.67. The molecule has 0 heterocycles. The molecule has 1 aromatic rings. The van der Waals surface area contributed by atoms with Crippen LogP contribution in [0.15, 0.2) is 35.9 Å². The molecule has 0 spiro atoms. The van der Waals surface area contributed by atoms with Gasteiger partial charge >= 0.3 is 5.97 Å². The van der Waals surface area contributed by atoms with E-state index in [1.807, 2.05) is 13.8 Å². The third kappa shape index (κ3) is 3.70. The molecule has 5 heteroatoms. The van der Waals surface area contributed by atoms with Crippen LogP contribution in [0.2, 0.25) is 0 Å². The maximum Gasteiger partial charge on any atom is 0.338 e. The minimum atomic E-state index is -0.891. The number of methoxy groups -OCH3 is 1. The molecule has 0 aromatic heterocycles. The minimum absolute atomic E-state index is 0.0530. The van der Waals surface area contributed by atoms with E-state index in [0.29, 0.717) is 24.2 Å². The van der Waals surface area contributed by atoms with Crippen LogP contribution in [0.25, 0.3) is 0 Å². The fourth-order valence-electron chi connectivity index (χ4n) is 5.06. The van der Waals surface area contributed by atoms with Crippen molar-refractivity contribution in [3.8, 4) is 5.75 Å². The molecular weight excluding hydrogens is 356 g/mol. The number of esters is 1. The third-order valence-electron chi connectivity index (χ3n) is 6.87. The molecule has 1 saturated carbocycles. The predicted molar refractivity (Wildman–Crippen MR) is 107 cm³/mol. The van der Waals surface area contributed by atoms with E-state index in [-0.39, 0.29) is 23.9 Å². The first kappa shape index (κ1) is 20.9. The van der Waals surface area contributed by atoms with Crippen LogP contribution < -0.4 is 4.74 Å². The van der Waals surface area contributed by atoms with Gasteiger partial charge in [0, 0.05) is 12.3 Å². The first-order valence-corrected chi connectivity index (χ1v) is 10.1. The van der Waals surface area contributed by atoms with Gasteiger partial charge in [-0.25, -0.2) is 4.79 Å². The number of hydrogen-bond acceptors (Lipinski definition) is 5. The maximum absolute atomic E-state index is 12.9. The van der Waals surface area contributed by atoms with Gasteiger partial charge in [-0.15, -0.1) is 0 Å². The van der Waals surface area contributed by atoms with Gasteiger partial charge in [0.2, 0.25) is 0 Å². The summed E-state index contributed by atoms with van der Waals surface area (Å²) in [7, 11) is 1.58. The molecule has 28 heavy (non-hydrogen) atoms. The molecule has 2 N–H and O–H groups in total. The van der Waals surface area contributed by atoms with Crippen molar-refractivity contribution in [3.63, 3.8) is 0 Å². The highest BCUT2D eigenvalue weighted by Gasteiger charge is 2.59. The molecule has 0 unspecified atom stereocenters. The summed E-state index contributed by atoms with van der Waals surface area (Å²) in [6.45, 7) is 6.17. The Morgan fingerprint density at radius 2 is 1.93 bits per heavy atom. The fraction of sp³-hybridized carbons (Fsp3) is 0.609. The van der Waals surface area contributed by atoms with Crippen molar-refractivity contribution in [1.82, 2.24) is 0 Å². The largest absolute Gasteiger partial charge is 0.497 e. The molecular formula is C23H32O5. The monoisotopic (exact) mass is 388 g/mol. The molecule has 0 amide bonds. The van der Waals surface area contributed by atoms with Crippen molar-refractivity contribution in [2.75, 3.05) is 13.7 Å². The summed E-state index contributed by atoms with van der Waals surface area (Å²) >= 11 is 0. The van der Waals surface area contributed by atoms with Crippen LogP contribution in [0, 0.1) is 17.3 Å². The van der Waals surface area contributed by atoms with E-state index in [1.54, 1.807) is 31.4 Å². The number of ether oxygens (including phenoxy) is 2. The zero-order chi connectivity index (χ0) is 20.5. The highest BCUT2D eigenvalue weighted by Crippen LogP contribution is 2.58. The molecule has 0 saturated heterocycles. The van der Waals surface area contributed by atoms with Crippen molar-refractivity contribution in [2.24, 2.45) is 17.3 Å². The Hall–Kier alpha value is -1.85. The highest BCUT2D eigenvalue weighted by atomic mass is 16.5. The maximum atomic E-state index is 12.9. The first-order chi connectivity index (χ1) is 13.2. The molecule has 154 valence electrons. The van der Waals surface area contributed by atoms with Crippen LogP contribution in [-0.4, -0.2) is 41.6 Å². The van der Waals surface area contributed by atoms with E-state index < -0.39 is 17.7 Å². The van der Waals surface area contributed by atoms with E-state index in [1.165, 1.54) is 0 Å². The second-order valence-electron chi connectivity index (χ2n) is 8.88. The Balaban J connectivity index is 1.92. The van der Waals surface area contributed by atoms with Crippen molar-refractivity contribution in [1.29, 1.82) is 0 Å². The van der Waals surface area contributed by atoms with Gasteiger partial charge in [0.25, 0.3) is 0 Å². The lowest BCUT2D eigenvalue weighted by Gasteiger charge is -2.43. The molecule has 2 aliphatic carbocycles. The number of aliphatic hydroxyl groups excluding tert-OH is 1. The van der Waals surface area contributed by atoms with Gasteiger partial charge in [-0.1, -0.05) is 26.8 Å². The zero-order valence-electron chi connectivity index (χ0n) is 17.3. The van der Waals surface area contributed by atoms with Crippen LogP contribution in [0.3, 0.4) is 0 Å². The topological polar surface area (TPSA) is 76.0 Å². The summed E-state index contributed by atoms with van der Waals surface area (Å²) < 4.78 is 11.1. The molecule has 5 nitrogen and oxygen atoms in total. The molecule has 4 atom stereocenters. The number of benzene rings is 1. The predicted octanol–water partition coefficient (Wildman–Crippen LogP) is 3.74. The van der Waals surface area contributed by atoms with Crippen LogP contribution in [0.1, 0.15) is 56.8 Å². The van der Waals surface area contributed by atoms with Gasteiger partial charge in [0.1, 0.15) is 11.9 Å². The Labute approximate surface area is 167 Å². The van der Waals surface area contributed by atoms with Crippen LogP contribution in [0.4, 0.5) is 0 Å². The first-order valence-electron chi connectivity index (χ1n) is 10.1. The Morgan fingerprint density at radius 1 is 1.25 bits per heavy atom. The summed E-state index contributed by atoms with van der Waals surface area (Å²) in [6, 6.07) is 6.83. The van der Waals surface area contributed by atoms with E-state index in [0.717, 1.165) is 18.4 Å². The SMILES string of the molecule is COc1ccc(C(=O)O[C@@H]2CC(CO)=CC[C@]3(C)CC[C@@](O)(C(C)C)[C@H]23)cc1. The fourth-order valence-corrected chi connectivity index (χ4v) is 5.06. The van der Waals surface area contributed by atoms with Crippen LogP contribution in [-0.2, 0) is 4.74 Å². The lowest BCUT2D eigenvalue weighted by Crippen LogP contribution is -2.50. The van der Waals surface area contributed by atoms with Gasteiger partial charge in [0.05, 0.1) is 24.9 Å².